The number of nitrogens with zero attached hydrogens (tertiary/aromatic N) is 1. The standard InChI is InChI=1S/C10H17NO3S/c1-7(6-15-2)9(12)11-5-3-4-8(11)10(13)14/h7-8H,3-6H2,1-2H3,(H,13,14)/t7-,8+/m0/s1. The van der Waals surface area contributed by atoms with Gasteiger partial charge in [0.1, 0.15) is 6.04 Å². The van der Waals surface area contributed by atoms with Gasteiger partial charge in [0.15, 0.2) is 0 Å². The summed E-state index contributed by atoms with van der Waals surface area (Å²) < 4.78 is 0. The molecule has 0 bridgehead atoms. The van der Waals surface area contributed by atoms with Crippen LogP contribution in [0.1, 0.15) is 19.8 Å². The second kappa shape index (κ2) is 5.39. The number of carbonyl (C=O) groups excluding carboxylic acids is 1. The zero-order chi connectivity index (χ0) is 11.4. The van der Waals surface area contributed by atoms with Gasteiger partial charge >= 0.3 is 5.97 Å². The summed E-state index contributed by atoms with van der Waals surface area (Å²) in [5.41, 5.74) is 0. The first kappa shape index (κ1) is 12.4. The van der Waals surface area contributed by atoms with Crippen LogP contribution in [0.4, 0.5) is 0 Å². The van der Waals surface area contributed by atoms with Gasteiger partial charge in [-0.2, -0.15) is 11.8 Å². The lowest BCUT2D eigenvalue weighted by Crippen LogP contribution is -2.43. The minimum atomic E-state index is -0.878. The van der Waals surface area contributed by atoms with Crippen molar-refractivity contribution >= 4 is 23.6 Å². The summed E-state index contributed by atoms with van der Waals surface area (Å²) in [6.45, 7) is 2.45. The molecular formula is C10H17NO3S. The van der Waals surface area contributed by atoms with E-state index < -0.39 is 12.0 Å². The Kier molecular flexibility index (Phi) is 4.45. The first-order valence-electron chi connectivity index (χ1n) is 5.10. The maximum Gasteiger partial charge on any atom is 0.326 e. The molecule has 5 heteroatoms. The van der Waals surface area contributed by atoms with Crippen molar-refractivity contribution in [2.75, 3.05) is 18.6 Å². The van der Waals surface area contributed by atoms with Crippen LogP contribution in [0.2, 0.25) is 0 Å². The largest absolute Gasteiger partial charge is 0.480 e. The van der Waals surface area contributed by atoms with Crippen molar-refractivity contribution < 1.29 is 14.7 Å². The van der Waals surface area contributed by atoms with Crippen LogP contribution in [0.25, 0.3) is 0 Å². The highest BCUT2D eigenvalue weighted by Crippen LogP contribution is 2.21. The molecular weight excluding hydrogens is 214 g/mol. The average Bonchev–Trinajstić information content (AvgIpc) is 2.65. The number of aliphatic carboxylic acids is 1. The summed E-state index contributed by atoms with van der Waals surface area (Å²) in [6.07, 6.45) is 3.34. The summed E-state index contributed by atoms with van der Waals surface area (Å²) in [5.74, 6) is -0.229. The van der Waals surface area contributed by atoms with E-state index in [0.29, 0.717) is 13.0 Å². The fourth-order valence-electron chi connectivity index (χ4n) is 1.89. The van der Waals surface area contributed by atoms with E-state index in [4.69, 9.17) is 5.11 Å². The second-order valence-corrected chi connectivity index (χ2v) is 4.79. The maximum absolute atomic E-state index is 11.9. The van der Waals surface area contributed by atoms with E-state index in [1.54, 1.807) is 11.8 Å². The molecule has 1 saturated heterocycles. The molecule has 1 heterocycles. The summed E-state index contributed by atoms with van der Waals surface area (Å²) in [7, 11) is 0. The van der Waals surface area contributed by atoms with Crippen molar-refractivity contribution in [2.45, 2.75) is 25.8 Å². The Balaban J connectivity index is 2.62. The maximum atomic E-state index is 11.9. The monoisotopic (exact) mass is 231 g/mol. The number of amides is 1. The van der Waals surface area contributed by atoms with Gasteiger partial charge in [0.05, 0.1) is 0 Å². The van der Waals surface area contributed by atoms with Crippen molar-refractivity contribution in [3.05, 3.63) is 0 Å². The lowest BCUT2D eigenvalue weighted by Gasteiger charge is -2.24. The van der Waals surface area contributed by atoms with Crippen LogP contribution >= 0.6 is 11.8 Å². The van der Waals surface area contributed by atoms with E-state index in [1.165, 1.54) is 4.90 Å². The number of carbonyl (C=O) groups is 2. The highest BCUT2D eigenvalue weighted by molar-refractivity contribution is 7.98. The molecule has 1 amide bonds. The van der Waals surface area contributed by atoms with Crippen LogP contribution in [-0.4, -0.2) is 46.5 Å². The van der Waals surface area contributed by atoms with E-state index >= 15 is 0 Å². The number of likely N-dealkylation sites (tertiary alicyclic amines) is 1. The summed E-state index contributed by atoms with van der Waals surface area (Å²) in [6, 6.07) is -0.596. The number of hydrogen-bond acceptors (Lipinski definition) is 3. The van der Waals surface area contributed by atoms with Gasteiger partial charge in [-0.3, -0.25) is 4.79 Å². The van der Waals surface area contributed by atoms with Crippen molar-refractivity contribution in [3.63, 3.8) is 0 Å². The van der Waals surface area contributed by atoms with Crippen LogP contribution in [0.15, 0.2) is 0 Å². The molecule has 1 rings (SSSR count). The molecule has 2 atom stereocenters. The van der Waals surface area contributed by atoms with Gasteiger partial charge in [-0.05, 0) is 19.1 Å². The molecule has 0 aromatic heterocycles. The quantitative estimate of drug-likeness (QED) is 0.786. The van der Waals surface area contributed by atoms with Crippen LogP contribution in [0, 0.1) is 5.92 Å². The van der Waals surface area contributed by atoms with Gasteiger partial charge < -0.3 is 10.0 Å². The normalized spacial score (nSPS) is 22.8. The van der Waals surface area contributed by atoms with Crippen molar-refractivity contribution in [1.29, 1.82) is 0 Å². The molecule has 0 unspecified atom stereocenters. The van der Waals surface area contributed by atoms with E-state index in [1.807, 2.05) is 13.2 Å². The topological polar surface area (TPSA) is 57.6 Å². The molecule has 0 spiro atoms. The number of hydrogen-bond donors (Lipinski definition) is 1. The molecule has 1 aliphatic rings. The van der Waals surface area contributed by atoms with Crippen LogP contribution in [0.5, 0.6) is 0 Å². The van der Waals surface area contributed by atoms with Gasteiger partial charge in [-0.25, -0.2) is 4.79 Å². The Morgan fingerprint density at radius 2 is 2.27 bits per heavy atom. The third-order valence-electron chi connectivity index (χ3n) is 2.66. The van der Waals surface area contributed by atoms with Crippen molar-refractivity contribution in [2.24, 2.45) is 5.92 Å². The van der Waals surface area contributed by atoms with Crippen molar-refractivity contribution in [1.82, 2.24) is 4.90 Å². The minimum absolute atomic E-state index is 0.0192. The Hall–Kier alpha value is -0.710. The minimum Gasteiger partial charge on any atom is -0.480 e. The van der Waals surface area contributed by atoms with Gasteiger partial charge in [0.25, 0.3) is 0 Å². The molecule has 0 aromatic rings. The van der Waals surface area contributed by atoms with E-state index in [-0.39, 0.29) is 11.8 Å². The molecule has 0 aliphatic carbocycles. The van der Waals surface area contributed by atoms with E-state index in [9.17, 15) is 9.59 Å². The first-order chi connectivity index (χ1) is 7.07. The van der Waals surface area contributed by atoms with Crippen LogP contribution < -0.4 is 0 Å². The van der Waals surface area contributed by atoms with Gasteiger partial charge in [0, 0.05) is 18.2 Å². The second-order valence-electron chi connectivity index (χ2n) is 3.88. The smallest absolute Gasteiger partial charge is 0.326 e. The third-order valence-corrected chi connectivity index (χ3v) is 3.49. The zero-order valence-electron chi connectivity index (χ0n) is 9.10. The Bertz CT molecular complexity index is 257. The molecule has 1 fully saturated rings. The highest BCUT2D eigenvalue weighted by atomic mass is 32.2. The molecule has 15 heavy (non-hydrogen) atoms. The molecule has 86 valence electrons. The number of thioether (sulfide) groups is 1. The molecule has 0 saturated carbocycles. The molecule has 4 nitrogen and oxygen atoms in total. The van der Waals surface area contributed by atoms with E-state index in [0.717, 1.165) is 12.2 Å². The van der Waals surface area contributed by atoms with Gasteiger partial charge in [-0.1, -0.05) is 6.92 Å². The fraction of sp³-hybridized carbons (Fsp3) is 0.800. The number of carboxylic acids is 1. The number of rotatable bonds is 4. The fourth-order valence-corrected chi connectivity index (χ4v) is 2.53. The molecule has 0 radical (unpaired) electrons. The van der Waals surface area contributed by atoms with Gasteiger partial charge in [-0.15, -0.1) is 0 Å². The number of carboxylic acid groups (broad SMARTS) is 1. The first-order valence-corrected chi connectivity index (χ1v) is 6.49. The Morgan fingerprint density at radius 3 is 2.80 bits per heavy atom. The SMILES string of the molecule is CSC[C@H](C)C(=O)N1CCC[C@@H]1C(=O)O. The third kappa shape index (κ3) is 2.87. The zero-order valence-corrected chi connectivity index (χ0v) is 9.92. The van der Waals surface area contributed by atoms with E-state index in [2.05, 4.69) is 0 Å². The van der Waals surface area contributed by atoms with Gasteiger partial charge in [0.2, 0.25) is 5.91 Å². The lowest BCUT2D eigenvalue weighted by molar-refractivity contribution is -0.149. The molecule has 1 aliphatic heterocycles. The highest BCUT2D eigenvalue weighted by Gasteiger charge is 2.35. The van der Waals surface area contributed by atoms with Crippen LogP contribution in [-0.2, 0) is 9.59 Å². The summed E-state index contributed by atoms with van der Waals surface area (Å²) >= 11 is 1.61. The predicted octanol–water partition coefficient (Wildman–Crippen LogP) is 1.06. The summed E-state index contributed by atoms with van der Waals surface area (Å²) in [4.78, 5) is 24.3. The van der Waals surface area contributed by atoms with Crippen molar-refractivity contribution in [3.8, 4) is 0 Å². The average molecular weight is 231 g/mol. The van der Waals surface area contributed by atoms with Crippen LogP contribution in [0.3, 0.4) is 0 Å². The summed E-state index contributed by atoms with van der Waals surface area (Å²) in [5, 5.41) is 8.95. The predicted molar refractivity (Wildman–Crippen MR) is 59.9 cm³/mol. The lowest BCUT2D eigenvalue weighted by atomic mass is 10.1. The Labute approximate surface area is 94.0 Å². The molecule has 1 N–H and O–H groups in total. The Morgan fingerprint density at radius 1 is 1.60 bits per heavy atom. The molecule has 0 aromatic carbocycles.